The summed E-state index contributed by atoms with van der Waals surface area (Å²) in [5, 5.41) is 4.70. The van der Waals surface area contributed by atoms with Gasteiger partial charge in [0.2, 0.25) is 0 Å². The van der Waals surface area contributed by atoms with E-state index in [1.165, 1.54) is 0 Å². The van der Waals surface area contributed by atoms with Gasteiger partial charge >= 0.3 is 0 Å². The number of rotatable bonds is 4. The van der Waals surface area contributed by atoms with Crippen LogP contribution in [0.3, 0.4) is 0 Å². The lowest BCUT2D eigenvalue weighted by Crippen LogP contribution is -2.38. The number of carbonyl (C=O) groups excluding carboxylic acids is 1. The Hall–Kier alpha value is -1.50. The summed E-state index contributed by atoms with van der Waals surface area (Å²) < 4.78 is 7.26. The molecule has 2 aromatic rings. The first kappa shape index (κ1) is 15.4. The molecule has 1 aromatic heterocycles. The molecule has 22 heavy (non-hydrogen) atoms. The van der Waals surface area contributed by atoms with Crippen LogP contribution in [0.15, 0.2) is 35.4 Å². The minimum atomic E-state index is -0.0500. The summed E-state index contributed by atoms with van der Waals surface area (Å²) in [6, 6.07) is 7.51. The van der Waals surface area contributed by atoms with E-state index in [9.17, 15) is 4.79 Å². The maximum absolute atomic E-state index is 12.4. The van der Waals surface area contributed by atoms with E-state index >= 15 is 0 Å². The Morgan fingerprint density at radius 2 is 2.32 bits per heavy atom. The molecule has 5 nitrogen and oxygen atoms in total. The van der Waals surface area contributed by atoms with Crippen molar-refractivity contribution in [3.05, 3.63) is 41.2 Å². The van der Waals surface area contributed by atoms with Crippen LogP contribution in [0.1, 0.15) is 5.69 Å². The summed E-state index contributed by atoms with van der Waals surface area (Å²) in [5.74, 6) is 0.827. The summed E-state index contributed by atoms with van der Waals surface area (Å²) in [5.41, 5.74) is 1.81. The molecule has 0 spiro atoms. The van der Waals surface area contributed by atoms with Gasteiger partial charge in [0.25, 0.3) is 5.91 Å². The van der Waals surface area contributed by atoms with Crippen LogP contribution in [0.25, 0.3) is 0 Å². The number of benzene rings is 1. The van der Waals surface area contributed by atoms with E-state index in [1.54, 1.807) is 27.5 Å². The molecule has 0 N–H and O–H groups in total. The Morgan fingerprint density at radius 3 is 3.09 bits per heavy atom. The number of aromatic nitrogens is 2. The van der Waals surface area contributed by atoms with Gasteiger partial charge in [-0.2, -0.15) is 5.10 Å². The van der Waals surface area contributed by atoms with E-state index in [1.807, 2.05) is 31.3 Å². The zero-order valence-corrected chi connectivity index (χ0v) is 13.7. The van der Waals surface area contributed by atoms with Crippen molar-refractivity contribution >= 4 is 35.0 Å². The third-order valence-corrected chi connectivity index (χ3v) is 4.76. The Kier molecular flexibility index (Phi) is 4.71. The second-order valence-electron chi connectivity index (χ2n) is 4.94. The molecule has 0 unspecified atom stereocenters. The summed E-state index contributed by atoms with van der Waals surface area (Å²) in [4.78, 5) is 15.2. The first-order valence-corrected chi connectivity index (χ1v) is 8.29. The summed E-state index contributed by atoms with van der Waals surface area (Å²) in [6.45, 7) is 1.08. The lowest BCUT2D eigenvalue weighted by Gasteiger charge is -2.29. The van der Waals surface area contributed by atoms with Crippen LogP contribution >= 0.6 is 23.4 Å². The molecule has 116 valence electrons. The number of amides is 1. The number of anilines is 1. The SMILES string of the molecule is Cn1nccc1COCC(=O)N1CCSc2ccc(Cl)cc21. The molecule has 7 heteroatoms. The van der Waals surface area contributed by atoms with Crippen molar-refractivity contribution in [3.63, 3.8) is 0 Å². The highest BCUT2D eigenvalue weighted by Crippen LogP contribution is 2.36. The van der Waals surface area contributed by atoms with Gasteiger partial charge in [0, 0.05) is 35.5 Å². The van der Waals surface area contributed by atoms with Gasteiger partial charge in [0.1, 0.15) is 6.61 Å². The Morgan fingerprint density at radius 1 is 1.45 bits per heavy atom. The van der Waals surface area contributed by atoms with Crippen LogP contribution in [-0.4, -0.2) is 34.6 Å². The minimum absolute atomic E-state index is 0.0435. The Labute approximate surface area is 138 Å². The summed E-state index contributed by atoms with van der Waals surface area (Å²) in [6.07, 6.45) is 1.71. The van der Waals surface area contributed by atoms with Crippen LogP contribution in [0, 0.1) is 0 Å². The van der Waals surface area contributed by atoms with Crippen LogP contribution in [0.2, 0.25) is 5.02 Å². The number of hydrogen-bond donors (Lipinski definition) is 0. The van der Waals surface area contributed by atoms with Crippen LogP contribution in [0.5, 0.6) is 0 Å². The molecule has 0 aliphatic carbocycles. The van der Waals surface area contributed by atoms with Crippen molar-refractivity contribution < 1.29 is 9.53 Å². The number of aryl methyl sites for hydroxylation is 1. The van der Waals surface area contributed by atoms with Crippen molar-refractivity contribution in [2.45, 2.75) is 11.5 Å². The zero-order chi connectivity index (χ0) is 15.5. The fourth-order valence-corrected chi connectivity index (χ4v) is 3.46. The maximum Gasteiger partial charge on any atom is 0.253 e. The number of fused-ring (bicyclic) bond motifs is 1. The smallest absolute Gasteiger partial charge is 0.253 e. The van der Waals surface area contributed by atoms with Crippen LogP contribution < -0.4 is 4.90 Å². The first-order chi connectivity index (χ1) is 10.6. The zero-order valence-electron chi connectivity index (χ0n) is 12.2. The van der Waals surface area contributed by atoms with E-state index in [2.05, 4.69) is 5.10 Å². The van der Waals surface area contributed by atoms with Crippen molar-refractivity contribution in [1.29, 1.82) is 0 Å². The predicted molar refractivity (Wildman–Crippen MR) is 87.4 cm³/mol. The number of carbonyl (C=O) groups is 1. The van der Waals surface area contributed by atoms with Gasteiger partial charge in [-0.15, -0.1) is 11.8 Å². The normalized spacial score (nSPS) is 14.0. The molecular formula is C15H16ClN3O2S. The number of ether oxygens (including phenoxy) is 1. The first-order valence-electron chi connectivity index (χ1n) is 6.92. The number of hydrogen-bond acceptors (Lipinski definition) is 4. The van der Waals surface area contributed by atoms with Gasteiger partial charge in [0.05, 0.1) is 18.0 Å². The Bertz CT molecular complexity index is 689. The number of thioether (sulfide) groups is 1. The molecule has 0 radical (unpaired) electrons. The van der Waals surface area contributed by atoms with E-state index < -0.39 is 0 Å². The molecule has 1 amide bonds. The fourth-order valence-electron chi connectivity index (χ4n) is 2.31. The average Bonchev–Trinajstić information content (AvgIpc) is 2.92. The highest BCUT2D eigenvalue weighted by molar-refractivity contribution is 7.99. The van der Waals surface area contributed by atoms with Gasteiger partial charge in [-0.25, -0.2) is 0 Å². The Balaban J connectivity index is 1.64. The second kappa shape index (κ2) is 6.73. The molecular weight excluding hydrogens is 322 g/mol. The molecule has 0 fully saturated rings. The number of nitrogens with zero attached hydrogens (tertiary/aromatic N) is 3. The third-order valence-electron chi connectivity index (χ3n) is 3.48. The van der Waals surface area contributed by atoms with Gasteiger partial charge in [-0.3, -0.25) is 9.48 Å². The predicted octanol–water partition coefficient (Wildman–Crippen LogP) is 2.73. The third kappa shape index (κ3) is 3.29. The van der Waals surface area contributed by atoms with E-state index in [0.29, 0.717) is 18.2 Å². The molecule has 1 aromatic carbocycles. The lowest BCUT2D eigenvalue weighted by molar-refractivity contribution is -0.123. The van der Waals surface area contributed by atoms with E-state index in [0.717, 1.165) is 22.0 Å². The highest BCUT2D eigenvalue weighted by atomic mass is 35.5. The fraction of sp³-hybridized carbons (Fsp3) is 0.333. The lowest BCUT2D eigenvalue weighted by atomic mass is 10.2. The van der Waals surface area contributed by atoms with Gasteiger partial charge < -0.3 is 9.64 Å². The molecule has 1 aliphatic heterocycles. The van der Waals surface area contributed by atoms with Gasteiger partial charge in [0.15, 0.2) is 0 Å². The molecule has 3 rings (SSSR count). The van der Waals surface area contributed by atoms with Crippen LogP contribution in [0.4, 0.5) is 5.69 Å². The largest absolute Gasteiger partial charge is 0.365 e. The van der Waals surface area contributed by atoms with E-state index in [4.69, 9.17) is 16.3 Å². The standard InChI is InChI=1S/C15H16ClN3O2S/c1-18-12(4-5-17-18)9-21-10-15(20)19-6-7-22-14-3-2-11(16)8-13(14)19/h2-5,8H,6-7,9-10H2,1H3. The van der Waals surface area contributed by atoms with Crippen LogP contribution in [-0.2, 0) is 23.2 Å². The molecule has 0 saturated heterocycles. The topological polar surface area (TPSA) is 47.4 Å². The van der Waals surface area contributed by atoms with Crippen molar-refractivity contribution in [3.8, 4) is 0 Å². The molecule has 0 saturated carbocycles. The summed E-state index contributed by atoms with van der Waals surface area (Å²) in [7, 11) is 1.85. The van der Waals surface area contributed by atoms with E-state index in [-0.39, 0.29) is 12.5 Å². The molecule has 0 atom stereocenters. The monoisotopic (exact) mass is 337 g/mol. The maximum atomic E-state index is 12.4. The highest BCUT2D eigenvalue weighted by Gasteiger charge is 2.23. The van der Waals surface area contributed by atoms with Crippen molar-refractivity contribution in [2.24, 2.45) is 7.05 Å². The molecule has 2 heterocycles. The summed E-state index contributed by atoms with van der Waals surface area (Å²) >= 11 is 7.79. The van der Waals surface area contributed by atoms with Crippen molar-refractivity contribution in [2.75, 3.05) is 23.8 Å². The second-order valence-corrected chi connectivity index (χ2v) is 6.52. The van der Waals surface area contributed by atoms with Gasteiger partial charge in [-0.05, 0) is 24.3 Å². The average molecular weight is 338 g/mol. The van der Waals surface area contributed by atoms with Gasteiger partial charge in [-0.1, -0.05) is 11.6 Å². The number of halogens is 1. The molecule has 0 bridgehead atoms. The molecule has 1 aliphatic rings. The van der Waals surface area contributed by atoms with Crippen molar-refractivity contribution in [1.82, 2.24) is 9.78 Å². The minimum Gasteiger partial charge on any atom is -0.365 e. The quantitative estimate of drug-likeness (QED) is 0.860.